The number of nitrogens with two attached hydrogens (primary N) is 1. The zero-order chi connectivity index (χ0) is 17.5. The highest BCUT2D eigenvalue weighted by Gasteiger charge is 2.15. The molecule has 0 aromatic heterocycles. The Bertz CT molecular complexity index is 707. The Labute approximate surface area is 152 Å². The summed E-state index contributed by atoms with van der Waals surface area (Å²) >= 11 is 12.1. The fourth-order valence-corrected chi connectivity index (χ4v) is 2.91. The fraction of sp³-hybridized carbons (Fsp3) is 0.278. The Balaban J connectivity index is 1.93. The largest absolute Gasteiger partial charge is 0.492 e. The zero-order valence-corrected chi connectivity index (χ0v) is 15.2. The first-order valence-electron chi connectivity index (χ1n) is 7.81. The predicted molar refractivity (Wildman–Crippen MR) is 97.9 cm³/mol. The first-order valence-corrected chi connectivity index (χ1v) is 8.56. The van der Waals surface area contributed by atoms with E-state index in [1.807, 2.05) is 49.5 Å². The Morgan fingerprint density at radius 1 is 1.25 bits per heavy atom. The maximum absolute atomic E-state index is 12.2. The minimum atomic E-state index is -0.0981. The van der Waals surface area contributed by atoms with Gasteiger partial charge in [0, 0.05) is 10.6 Å². The van der Waals surface area contributed by atoms with Gasteiger partial charge in [-0.15, -0.1) is 0 Å². The van der Waals surface area contributed by atoms with Crippen LogP contribution in [0.25, 0.3) is 0 Å². The maximum Gasteiger partial charge on any atom is 0.279 e. The number of ether oxygens (including phenoxy) is 1. The average molecular weight is 368 g/mol. The third kappa shape index (κ3) is 5.13. The molecular formula is C18H21Cl2N2O2+. The first kappa shape index (κ1) is 18.6. The molecule has 24 heavy (non-hydrogen) atoms. The van der Waals surface area contributed by atoms with Crippen LogP contribution >= 0.6 is 23.2 Å². The number of carbonyl (C=O) groups is 1. The molecule has 2 rings (SSSR count). The van der Waals surface area contributed by atoms with Crippen LogP contribution in [0.3, 0.4) is 0 Å². The van der Waals surface area contributed by atoms with Crippen molar-refractivity contribution in [3.63, 3.8) is 0 Å². The number of rotatable bonds is 7. The Hall–Kier alpha value is -1.75. The van der Waals surface area contributed by atoms with E-state index in [0.29, 0.717) is 28.1 Å². The van der Waals surface area contributed by atoms with E-state index in [1.165, 1.54) is 0 Å². The molecule has 0 aliphatic rings. The van der Waals surface area contributed by atoms with Crippen molar-refractivity contribution in [3.05, 3.63) is 58.1 Å². The van der Waals surface area contributed by atoms with Crippen LogP contribution in [-0.2, 0) is 4.79 Å². The summed E-state index contributed by atoms with van der Waals surface area (Å²) in [6, 6.07) is 12.8. The molecule has 0 saturated heterocycles. The van der Waals surface area contributed by atoms with Crippen LogP contribution in [0.5, 0.6) is 5.75 Å². The van der Waals surface area contributed by atoms with Crippen molar-refractivity contribution in [3.8, 4) is 5.75 Å². The molecule has 0 fully saturated rings. The molecule has 128 valence electrons. The second kappa shape index (κ2) is 8.92. The lowest BCUT2D eigenvalue weighted by Crippen LogP contribution is -2.86. The van der Waals surface area contributed by atoms with Crippen molar-refractivity contribution < 1.29 is 14.8 Å². The molecule has 0 radical (unpaired) electrons. The van der Waals surface area contributed by atoms with Crippen molar-refractivity contribution >= 4 is 34.8 Å². The van der Waals surface area contributed by atoms with Gasteiger partial charge in [0.05, 0.1) is 17.3 Å². The summed E-state index contributed by atoms with van der Waals surface area (Å²) in [4.78, 5) is 12.2. The van der Waals surface area contributed by atoms with Gasteiger partial charge in [-0.1, -0.05) is 41.4 Å². The van der Waals surface area contributed by atoms with Crippen LogP contribution in [0.15, 0.2) is 42.5 Å². The van der Waals surface area contributed by atoms with Gasteiger partial charge in [-0.05, 0) is 38.1 Å². The molecule has 4 nitrogen and oxygen atoms in total. The molecule has 0 aliphatic heterocycles. The van der Waals surface area contributed by atoms with Gasteiger partial charge in [0.1, 0.15) is 11.8 Å². The molecule has 2 aromatic rings. The quantitative estimate of drug-likeness (QED) is 0.784. The van der Waals surface area contributed by atoms with Crippen molar-refractivity contribution in [1.29, 1.82) is 0 Å². The Morgan fingerprint density at radius 3 is 2.71 bits per heavy atom. The smallest absolute Gasteiger partial charge is 0.279 e. The second-order valence-corrected chi connectivity index (χ2v) is 6.22. The molecule has 0 spiro atoms. The zero-order valence-electron chi connectivity index (χ0n) is 13.7. The number of benzene rings is 2. The van der Waals surface area contributed by atoms with Crippen LogP contribution in [0.1, 0.15) is 25.5 Å². The minimum absolute atomic E-state index is 0.0441. The third-order valence-electron chi connectivity index (χ3n) is 3.57. The minimum Gasteiger partial charge on any atom is -0.492 e. The lowest BCUT2D eigenvalue weighted by molar-refractivity contribution is -0.682. The van der Waals surface area contributed by atoms with Crippen LogP contribution in [0.4, 0.5) is 5.69 Å². The molecule has 3 N–H and O–H groups in total. The lowest BCUT2D eigenvalue weighted by Gasteiger charge is -2.14. The summed E-state index contributed by atoms with van der Waals surface area (Å²) < 4.78 is 5.50. The van der Waals surface area contributed by atoms with Crippen molar-refractivity contribution in [2.75, 3.05) is 18.5 Å². The van der Waals surface area contributed by atoms with Gasteiger partial charge >= 0.3 is 0 Å². The lowest BCUT2D eigenvalue weighted by atomic mass is 10.1. The highest BCUT2D eigenvalue weighted by atomic mass is 35.5. The number of para-hydroxylation sites is 2. The second-order valence-electron chi connectivity index (χ2n) is 5.37. The molecule has 0 heterocycles. The SMILES string of the molecule is CCOc1ccccc1NC(=O)C[NH2+][C@H](C)c1ccc(Cl)cc1Cl. The summed E-state index contributed by atoms with van der Waals surface area (Å²) in [6.07, 6.45) is 0. The Morgan fingerprint density at radius 2 is 2.00 bits per heavy atom. The summed E-state index contributed by atoms with van der Waals surface area (Å²) in [5.41, 5.74) is 1.62. The van der Waals surface area contributed by atoms with Gasteiger partial charge in [0.2, 0.25) is 0 Å². The van der Waals surface area contributed by atoms with Gasteiger partial charge < -0.3 is 15.4 Å². The number of halogens is 2. The van der Waals surface area contributed by atoms with Crippen LogP contribution in [0, 0.1) is 0 Å². The predicted octanol–water partition coefficient (Wildman–Crippen LogP) is 3.66. The molecule has 1 atom stereocenters. The highest BCUT2D eigenvalue weighted by molar-refractivity contribution is 6.35. The van der Waals surface area contributed by atoms with Crippen LogP contribution in [0.2, 0.25) is 10.0 Å². The van der Waals surface area contributed by atoms with E-state index < -0.39 is 0 Å². The number of hydrogen-bond donors (Lipinski definition) is 2. The van der Waals surface area contributed by atoms with Crippen LogP contribution in [-0.4, -0.2) is 19.1 Å². The number of nitrogens with one attached hydrogen (secondary N) is 1. The number of hydrogen-bond acceptors (Lipinski definition) is 2. The number of amides is 1. The van der Waals surface area contributed by atoms with E-state index in [9.17, 15) is 4.79 Å². The number of quaternary nitrogens is 1. The molecular weight excluding hydrogens is 347 g/mol. The van der Waals surface area contributed by atoms with E-state index in [2.05, 4.69) is 5.32 Å². The molecule has 0 saturated carbocycles. The van der Waals surface area contributed by atoms with E-state index in [-0.39, 0.29) is 18.5 Å². The van der Waals surface area contributed by atoms with Gasteiger partial charge in [0.25, 0.3) is 5.91 Å². The topological polar surface area (TPSA) is 54.9 Å². The maximum atomic E-state index is 12.2. The fourth-order valence-electron chi connectivity index (χ4n) is 2.33. The number of carbonyl (C=O) groups excluding carboxylic acids is 1. The molecule has 0 unspecified atom stereocenters. The molecule has 0 aliphatic carbocycles. The van der Waals surface area contributed by atoms with Crippen LogP contribution < -0.4 is 15.4 Å². The van der Waals surface area contributed by atoms with E-state index in [4.69, 9.17) is 27.9 Å². The van der Waals surface area contributed by atoms with Crippen molar-refractivity contribution in [1.82, 2.24) is 0 Å². The summed E-state index contributed by atoms with van der Waals surface area (Å²) in [7, 11) is 0. The van der Waals surface area contributed by atoms with Gasteiger partial charge in [0.15, 0.2) is 6.54 Å². The van der Waals surface area contributed by atoms with E-state index in [0.717, 1.165) is 5.56 Å². The van der Waals surface area contributed by atoms with Gasteiger partial charge in [-0.2, -0.15) is 0 Å². The average Bonchev–Trinajstić information content (AvgIpc) is 2.55. The molecule has 6 heteroatoms. The first-order chi connectivity index (χ1) is 11.5. The normalized spacial score (nSPS) is 11.8. The standard InChI is InChI=1S/C18H20Cl2N2O2/c1-3-24-17-7-5-4-6-16(17)22-18(23)11-21-12(2)14-9-8-13(19)10-15(14)20/h4-10,12,21H,3,11H2,1-2H3,(H,22,23)/p+1/t12-/m1/s1. The van der Waals surface area contributed by atoms with Crippen molar-refractivity contribution in [2.24, 2.45) is 0 Å². The van der Waals surface area contributed by atoms with Crippen molar-refractivity contribution in [2.45, 2.75) is 19.9 Å². The highest BCUT2D eigenvalue weighted by Crippen LogP contribution is 2.25. The summed E-state index contributed by atoms with van der Waals surface area (Å²) in [5, 5.41) is 6.00. The summed E-state index contributed by atoms with van der Waals surface area (Å²) in [5.74, 6) is 0.571. The third-order valence-corrected chi connectivity index (χ3v) is 4.13. The van der Waals surface area contributed by atoms with E-state index >= 15 is 0 Å². The Kier molecular flexibility index (Phi) is 6.91. The molecule has 1 amide bonds. The molecule has 2 aromatic carbocycles. The van der Waals surface area contributed by atoms with E-state index in [1.54, 1.807) is 12.1 Å². The number of anilines is 1. The monoisotopic (exact) mass is 367 g/mol. The van der Waals surface area contributed by atoms with Gasteiger partial charge in [-0.3, -0.25) is 4.79 Å². The summed E-state index contributed by atoms with van der Waals surface area (Å²) in [6.45, 7) is 4.73. The molecule has 0 bridgehead atoms. The van der Waals surface area contributed by atoms with Gasteiger partial charge in [-0.25, -0.2) is 0 Å².